The molecule has 0 unspecified atom stereocenters. The Morgan fingerprint density at radius 1 is 1.35 bits per heavy atom. The lowest BCUT2D eigenvalue weighted by atomic mass is 10.2. The number of methoxy groups -OCH3 is 1. The van der Waals surface area contributed by atoms with Crippen molar-refractivity contribution in [3.63, 3.8) is 0 Å². The van der Waals surface area contributed by atoms with Crippen molar-refractivity contribution in [3.05, 3.63) is 51.7 Å². The van der Waals surface area contributed by atoms with E-state index in [1.54, 1.807) is 30.3 Å². The molecule has 6 nitrogen and oxygen atoms in total. The van der Waals surface area contributed by atoms with Gasteiger partial charge in [0.25, 0.3) is 5.91 Å². The lowest BCUT2D eigenvalue weighted by Gasteiger charge is -2.08. The molecule has 0 radical (unpaired) electrons. The van der Waals surface area contributed by atoms with Crippen molar-refractivity contribution >= 4 is 45.1 Å². The van der Waals surface area contributed by atoms with Crippen molar-refractivity contribution in [3.8, 4) is 5.75 Å². The average Bonchev–Trinajstić information content (AvgIpc) is 2.54. The van der Waals surface area contributed by atoms with Crippen LogP contribution in [0.25, 0.3) is 0 Å². The first-order valence-corrected chi connectivity index (χ1v) is 7.59. The number of halogens is 2. The molecule has 2 aromatic rings. The summed E-state index contributed by atoms with van der Waals surface area (Å²) in [5.74, 6) is -0.549. The van der Waals surface area contributed by atoms with Crippen LogP contribution in [0.5, 0.6) is 5.75 Å². The molecule has 0 atom stereocenters. The summed E-state index contributed by atoms with van der Waals surface area (Å²) in [4.78, 5) is 27.5. The van der Waals surface area contributed by atoms with Crippen LogP contribution >= 0.6 is 27.5 Å². The molecular formula is C15H12BrClN2O4. The third kappa shape index (κ3) is 4.67. The molecule has 0 fully saturated rings. The fourth-order valence-electron chi connectivity index (χ4n) is 1.67. The van der Waals surface area contributed by atoms with Gasteiger partial charge >= 0.3 is 5.97 Å². The van der Waals surface area contributed by atoms with Gasteiger partial charge in [0.2, 0.25) is 0 Å². The van der Waals surface area contributed by atoms with Crippen LogP contribution in [0.2, 0.25) is 5.15 Å². The second-order valence-corrected chi connectivity index (χ2v) is 5.53. The lowest BCUT2D eigenvalue weighted by Crippen LogP contribution is -2.21. The van der Waals surface area contributed by atoms with Gasteiger partial charge in [0, 0.05) is 6.20 Å². The van der Waals surface area contributed by atoms with E-state index in [0.29, 0.717) is 21.5 Å². The highest BCUT2D eigenvalue weighted by Gasteiger charge is 2.13. The number of anilines is 1. The number of rotatable bonds is 5. The highest BCUT2D eigenvalue weighted by Crippen LogP contribution is 2.25. The van der Waals surface area contributed by atoms with Gasteiger partial charge in [-0.15, -0.1) is 0 Å². The Balaban J connectivity index is 1.92. The summed E-state index contributed by atoms with van der Waals surface area (Å²) in [6.07, 6.45) is 1.50. The van der Waals surface area contributed by atoms with E-state index < -0.39 is 18.5 Å². The Hall–Kier alpha value is -2.12. The minimum Gasteiger partial charge on any atom is -0.496 e. The van der Waals surface area contributed by atoms with Gasteiger partial charge in [-0.05, 0) is 46.3 Å². The number of nitrogens with zero attached hydrogens (tertiary/aromatic N) is 1. The van der Waals surface area contributed by atoms with Gasteiger partial charge in [-0.1, -0.05) is 11.6 Å². The molecule has 1 heterocycles. The maximum Gasteiger partial charge on any atom is 0.338 e. The smallest absolute Gasteiger partial charge is 0.338 e. The van der Waals surface area contributed by atoms with E-state index in [1.807, 2.05) is 0 Å². The molecule has 0 aliphatic carbocycles. The van der Waals surface area contributed by atoms with Crippen LogP contribution in [-0.2, 0) is 9.53 Å². The van der Waals surface area contributed by atoms with E-state index >= 15 is 0 Å². The van der Waals surface area contributed by atoms with Crippen LogP contribution < -0.4 is 10.1 Å². The Labute approximate surface area is 145 Å². The second kappa shape index (κ2) is 7.94. The fraction of sp³-hybridized carbons (Fsp3) is 0.133. The molecule has 0 saturated heterocycles. The molecule has 2 rings (SSSR count). The van der Waals surface area contributed by atoms with E-state index in [4.69, 9.17) is 21.1 Å². The van der Waals surface area contributed by atoms with E-state index in [-0.39, 0.29) is 5.15 Å². The van der Waals surface area contributed by atoms with Crippen molar-refractivity contribution in [2.75, 3.05) is 19.0 Å². The minimum atomic E-state index is -0.624. The number of benzene rings is 1. The van der Waals surface area contributed by atoms with Gasteiger partial charge in [-0.3, -0.25) is 4.79 Å². The molecule has 0 aliphatic heterocycles. The van der Waals surface area contributed by atoms with Crippen LogP contribution in [0, 0.1) is 0 Å². The van der Waals surface area contributed by atoms with Crippen LogP contribution in [0.1, 0.15) is 10.4 Å². The first-order chi connectivity index (χ1) is 11.0. The molecule has 8 heteroatoms. The number of nitrogens with one attached hydrogen (secondary N) is 1. The van der Waals surface area contributed by atoms with E-state index in [0.717, 1.165) is 0 Å². The van der Waals surface area contributed by atoms with E-state index in [9.17, 15) is 9.59 Å². The Kier molecular flexibility index (Phi) is 5.95. The van der Waals surface area contributed by atoms with Gasteiger partial charge in [0.15, 0.2) is 11.8 Å². The third-order valence-corrected chi connectivity index (χ3v) is 3.68. The number of hydrogen-bond acceptors (Lipinski definition) is 5. The number of carbonyl (C=O) groups is 2. The second-order valence-electron chi connectivity index (χ2n) is 4.32. The largest absolute Gasteiger partial charge is 0.496 e. The normalized spacial score (nSPS) is 10.0. The van der Waals surface area contributed by atoms with Gasteiger partial charge in [0.1, 0.15) is 5.75 Å². The van der Waals surface area contributed by atoms with Crippen LogP contribution in [0.15, 0.2) is 41.0 Å². The maximum absolute atomic E-state index is 11.9. The number of ether oxygens (including phenoxy) is 2. The van der Waals surface area contributed by atoms with Crippen LogP contribution in [0.3, 0.4) is 0 Å². The van der Waals surface area contributed by atoms with Crippen molar-refractivity contribution in [1.82, 2.24) is 4.98 Å². The summed E-state index contributed by atoms with van der Waals surface area (Å²) in [6.45, 7) is -0.437. The van der Waals surface area contributed by atoms with E-state index in [2.05, 4.69) is 26.2 Å². The predicted molar refractivity (Wildman–Crippen MR) is 88.9 cm³/mol. The third-order valence-electron chi connectivity index (χ3n) is 2.76. The Morgan fingerprint density at radius 3 is 2.78 bits per heavy atom. The summed E-state index contributed by atoms with van der Waals surface area (Å²) in [5.41, 5.74) is 0.646. The lowest BCUT2D eigenvalue weighted by molar-refractivity contribution is -0.119. The quantitative estimate of drug-likeness (QED) is 0.616. The standard InChI is InChI=1S/C15H12BrClN2O4/c1-22-12-5-4-9(7-10(12)16)15(21)23-8-13(20)19-11-3-2-6-18-14(11)17/h2-7H,8H2,1H3,(H,19,20). The monoisotopic (exact) mass is 398 g/mol. The molecule has 0 aliphatic rings. The van der Waals surface area contributed by atoms with Gasteiger partial charge in [-0.2, -0.15) is 0 Å². The molecule has 1 aromatic heterocycles. The van der Waals surface area contributed by atoms with Crippen LogP contribution in [0.4, 0.5) is 5.69 Å². The molecule has 1 amide bonds. The Morgan fingerprint density at radius 2 is 2.13 bits per heavy atom. The predicted octanol–water partition coefficient (Wildman–Crippen LogP) is 3.30. The molecule has 1 aromatic carbocycles. The van der Waals surface area contributed by atoms with Crippen molar-refractivity contribution < 1.29 is 19.1 Å². The highest BCUT2D eigenvalue weighted by atomic mass is 79.9. The fourth-order valence-corrected chi connectivity index (χ4v) is 2.38. The molecule has 0 bridgehead atoms. The molecule has 0 spiro atoms. The van der Waals surface area contributed by atoms with Gasteiger partial charge < -0.3 is 14.8 Å². The number of pyridine rings is 1. The topological polar surface area (TPSA) is 77.5 Å². The number of aromatic nitrogens is 1. The molecule has 120 valence electrons. The molecule has 1 N–H and O–H groups in total. The number of esters is 1. The van der Waals surface area contributed by atoms with Crippen LogP contribution in [-0.4, -0.2) is 30.6 Å². The average molecular weight is 400 g/mol. The van der Waals surface area contributed by atoms with Gasteiger partial charge in [0.05, 0.1) is 22.8 Å². The molecular weight excluding hydrogens is 388 g/mol. The number of hydrogen-bond donors (Lipinski definition) is 1. The van der Waals surface area contributed by atoms with Crippen molar-refractivity contribution in [1.29, 1.82) is 0 Å². The SMILES string of the molecule is COc1ccc(C(=O)OCC(=O)Nc2cccnc2Cl)cc1Br. The minimum absolute atomic E-state index is 0.159. The maximum atomic E-state index is 11.9. The number of amides is 1. The summed E-state index contributed by atoms with van der Waals surface area (Å²) >= 11 is 9.10. The Bertz CT molecular complexity index is 739. The van der Waals surface area contributed by atoms with E-state index in [1.165, 1.54) is 13.3 Å². The summed E-state index contributed by atoms with van der Waals surface area (Å²) in [5, 5.41) is 2.67. The zero-order valence-corrected chi connectivity index (χ0v) is 14.3. The molecule has 0 saturated carbocycles. The zero-order chi connectivity index (χ0) is 16.8. The summed E-state index contributed by atoms with van der Waals surface area (Å²) in [6, 6.07) is 7.94. The highest BCUT2D eigenvalue weighted by molar-refractivity contribution is 9.10. The zero-order valence-electron chi connectivity index (χ0n) is 12.0. The first-order valence-electron chi connectivity index (χ1n) is 6.42. The van der Waals surface area contributed by atoms with Crippen molar-refractivity contribution in [2.24, 2.45) is 0 Å². The summed E-state index contributed by atoms with van der Waals surface area (Å²) in [7, 11) is 1.52. The van der Waals surface area contributed by atoms with Crippen molar-refractivity contribution in [2.45, 2.75) is 0 Å². The van der Waals surface area contributed by atoms with Gasteiger partial charge in [-0.25, -0.2) is 9.78 Å². The molecule has 23 heavy (non-hydrogen) atoms. The first kappa shape index (κ1) is 17.2. The summed E-state index contributed by atoms with van der Waals surface area (Å²) < 4.78 is 10.6. The number of carbonyl (C=O) groups excluding carboxylic acids is 2.